The fourth-order valence-electron chi connectivity index (χ4n) is 3.11. The third-order valence-electron chi connectivity index (χ3n) is 4.56. The average Bonchev–Trinajstić information content (AvgIpc) is 2.73. The first-order valence-corrected chi connectivity index (χ1v) is 10.1. The molecule has 0 bridgehead atoms. The fourth-order valence-corrected chi connectivity index (χ4v) is 3.28. The number of aromatic amines is 1. The molecule has 0 unspecified atom stereocenters. The number of hydrogen-bond acceptors (Lipinski definition) is 4. The molecule has 0 aliphatic heterocycles. The summed E-state index contributed by atoms with van der Waals surface area (Å²) in [6.07, 6.45) is 0.911. The van der Waals surface area contributed by atoms with Crippen molar-refractivity contribution < 1.29 is 9.59 Å². The molecule has 0 saturated carbocycles. The Labute approximate surface area is 179 Å². The number of nitrogens with zero attached hydrogens (tertiary/aromatic N) is 2. The highest BCUT2D eigenvalue weighted by Crippen LogP contribution is 2.15. The van der Waals surface area contributed by atoms with E-state index in [1.54, 1.807) is 47.4 Å². The van der Waals surface area contributed by atoms with Crippen LogP contribution in [0.15, 0.2) is 53.3 Å². The molecule has 8 heteroatoms. The van der Waals surface area contributed by atoms with Gasteiger partial charge < -0.3 is 15.2 Å². The molecule has 0 fully saturated rings. The molecule has 7 nitrogen and oxygen atoms in total. The van der Waals surface area contributed by atoms with E-state index in [1.165, 1.54) is 0 Å². The lowest BCUT2D eigenvalue weighted by Gasteiger charge is -2.22. The van der Waals surface area contributed by atoms with Crippen molar-refractivity contribution in [3.63, 3.8) is 0 Å². The van der Waals surface area contributed by atoms with E-state index < -0.39 is 0 Å². The van der Waals surface area contributed by atoms with Gasteiger partial charge in [-0.3, -0.25) is 14.4 Å². The summed E-state index contributed by atoms with van der Waals surface area (Å²) in [4.78, 5) is 45.9. The molecule has 156 valence electrons. The van der Waals surface area contributed by atoms with Crippen molar-refractivity contribution >= 4 is 34.3 Å². The van der Waals surface area contributed by atoms with Crippen LogP contribution in [0.4, 0.5) is 0 Å². The van der Waals surface area contributed by atoms with Crippen LogP contribution in [0.3, 0.4) is 0 Å². The van der Waals surface area contributed by atoms with E-state index >= 15 is 0 Å². The van der Waals surface area contributed by atoms with Crippen LogP contribution in [-0.2, 0) is 11.3 Å². The fraction of sp³-hybridized carbons (Fsp3) is 0.273. The predicted molar refractivity (Wildman–Crippen MR) is 116 cm³/mol. The molecule has 30 heavy (non-hydrogen) atoms. The monoisotopic (exact) mass is 426 g/mol. The molecule has 2 amide bonds. The molecule has 3 aromatic rings. The molecule has 2 aromatic carbocycles. The van der Waals surface area contributed by atoms with Gasteiger partial charge in [-0.25, -0.2) is 4.98 Å². The summed E-state index contributed by atoms with van der Waals surface area (Å²) in [6, 6.07) is 13.7. The smallest absolute Gasteiger partial charge is 0.258 e. The number of benzene rings is 2. The Morgan fingerprint density at radius 2 is 1.93 bits per heavy atom. The minimum Gasteiger partial charge on any atom is -0.352 e. The van der Waals surface area contributed by atoms with E-state index in [0.717, 1.165) is 6.42 Å². The number of nitrogens with one attached hydrogen (secondary N) is 2. The summed E-state index contributed by atoms with van der Waals surface area (Å²) in [5, 5.41) is 3.69. The Morgan fingerprint density at radius 3 is 2.67 bits per heavy atom. The minimum absolute atomic E-state index is 0.126. The van der Waals surface area contributed by atoms with Gasteiger partial charge in [-0.2, -0.15) is 0 Å². The van der Waals surface area contributed by atoms with Crippen LogP contribution in [0.2, 0.25) is 5.02 Å². The SMILES string of the molecule is CCCN(Cc1nc2cc(Cl)ccc2c(=O)[nH]1)C(=O)CCNC(=O)c1ccccc1. The summed E-state index contributed by atoms with van der Waals surface area (Å²) in [5.41, 5.74) is 0.762. The molecule has 0 saturated heterocycles. The number of aromatic nitrogens is 2. The second-order valence-corrected chi connectivity index (χ2v) is 7.30. The van der Waals surface area contributed by atoms with Gasteiger partial charge in [0.05, 0.1) is 17.4 Å². The van der Waals surface area contributed by atoms with Gasteiger partial charge in [0.2, 0.25) is 5.91 Å². The van der Waals surface area contributed by atoms with Crippen molar-refractivity contribution in [3.05, 3.63) is 75.3 Å². The first kappa shape index (κ1) is 21.5. The largest absolute Gasteiger partial charge is 0.352 e. The zero-order chi connectivity index (χ0) is 21.5. The number of hydrogen-bond donors (Lipinski definition) is 2. The quantitative estimate of drug-likeness (QED) is 0.578. The Morgan fingerprint density at radius 1 is 1.17 bits per heavy atom. The first-order chi connectivity index (χ1) is 14.5. The standard InChI is InChI=1S/C22H23ClN4O3/c1-2-12-27(20(28)10-11-24-21(29)15-6-4-3-5-7-15)14-19-25-18-13-16(23)8-9-17(18)22(30)26-19/h3-9,13H,2,10-12,14H2,1H3,(H,24,29)(H,25,26,30). The second kappa shape index (κ2) is 10.0. The molecule has 3 rings (SSSR count). The van der Waals surface area contributed by atoms with E-state index in [2.05, 4.69) is 15.3 Å². The van der Waals surface area contributed by atoms with Crippen LogP contribution < -0.4 is 10.9 Å². The highest BCUT2D eigenvalue weighted by molar-refractivity contribution is 6.31. The highest BCUT2D eigenvalue weighted by Gasteiger charge is 2.16. The number of carbonyl (C=O) groups excluding carboxylic acids is 2. The Balaban J connectivity index is 1.65. The minimum atomic E-state index is -0.273. The van der Waals surface area contributed by atoms with E-state index in [9.17, 15) is 14.4 Å². The average molecular weight is 427 g/mol. The lowest BCUT2D eigenvalue weighted by atomic mass is 10.2. The maximum Gasteiger partial charge on any atom is 0.258 e. The molecule has 0 radical (unpaired) electrons. The molecular formula is C22H23ClN4O3. The Kier molecular flexibility index (Phi) is 7.19. The number of fused-ring (bicyclic) bond motifs is 1. The van der Waals surface area contributed by atoms with Gasteiger partial charge in [-0.05, 0) is 36.8 Å². The number of H-pyrrole nitrogens is 1. The van der Waals surface area contributed by atoms with Gasteiger partial charge in [0.1, 0.15) is 5.82 Å². The number of carbonyl (C=O) groups is 2. The summed E-state index contributed by atoms with van der Waals surface area (Å²) in [6.45, 7) is 2.89. The third kappa shape index (κ3) is 5.45. The maximum absolute atomic E-state index is 12.7. The van der Waals surface area contributed by atoms with Crippen LogP contribution in [0.25, 0.3) is 10.9 Å². The van der Waals surface area contributed by atoms with Gasteiger partial charge in [0, 0.05) is 30.1 Å². The van der Waals surface area contributed by atoms with Crippen molar-refractivity contribution in [3.8, 4) is 0 Å². The zero-order valence-electron chi connectivity index (χ0n) is 16.7. The normalized spacial score (nSPS) is 10.7. The molecule has 0 aliphatic rings. The molecule has 2 N–H and O–H groups in total. The van der Waals surface area contributed by atoms with Gasteiger partial charge in [-0.15, -0.1) is 0 Å². The number of halogens is 1. The summed E-state index contributed by atoms with van der Waals surface area (Å²) in [7, 11) is 0. The van der Waals surface area contributed by atoms with E-state index in [4.69, 9.17) is 11.6 Å². The molecule has 0 atom stereocenters. The number of amides is 2. The van der Waals surface area contributed by atoms with Crippen molar-refractivity contribution in [2.45, 2.75) is 26.3 Å². The van der Waals surface area contributed by atoms with E-state index in [1.807, 2.05) is 13.0 Å². The highest BCUT2D eigenvalue weighted by atomic mass is 35.5. The molecule has 0 spiro atoms. The molecular weight excluding hydrogens is 404 g/mol. The van der Waals surface area contributed by atoms with Crippen molar-refractivity contribution in [2.24, 2.45) is 0 Å². The van der Waals surface area contributed by atoms with Crippen molar-refractivity contribution in [1.29, 1.82) is 0 Å². The first-order valence-electron chi connectivity index (χ1n) is 9.77. The van der Waals surface area contributed by atoms with Crippen LogP contribution >= 0.6 is 11.6 Å². The summed E-state index contributed by atoms with van der Waals surface area (Å²) >= 11 is 6.01. The Hall–Kier alpha value is -3.19. The summed E-state index contributed by atoms with van der Waals surface area (Å²) < 4.78 is 0. The van der Waals surface area contributed by atoms with Crippen molar-refractivity contribution in [1.82, 2.24) is 20.2 Å². The third-order valence-corrected chi connectivity index (χ3v) is 4.80. The van der Waals surface area contributed by atoms with Crippen LogP contribution in [0, 0.1) is 0 Å². The topological polar surface area (TPSA) is 95.2 Å². The lowest BCUT2D eigenvalue weighted by molar-refractivity contribution is -0.131. The van der Waals surface area contributed by atoms with Crippen LogP contribution in [-0.4, -0.2) is 39.8 Å². The van der Waals surface area contributed by atoms with Gasteiger partial charge >= 0.3 is 0 Å². The Bertz CT molecular complexity index is 1100. The lowest BCUT2D eigenvalue weighted by Crippen LogP contribution is -2.35. The molecule has 1 aromatic heterocycles. The van der Waals surface area contributed by atoms with Gasteiger partial charge in [0.15, 0.2) is 0 Å². The van der Waals surface area contributed by atoms with E-state index in [-0.39, 0.29) is 36.9 Å². The van der Waals surface area contributed by atoms with Crippen LogP contribution in [0.5, 0.6) is 0 Å². The van der Waals surface area contributed by atoms with Crippen LogP contribution in [0.1, 0.15) is 35.9 Å². The second-order valence-electron chi connectivity index (χ2n) is 6.86. The molecule has 0 aliphatic carbocycles. The van der Waals surface area contributed by atoms with E-state index in [0.29, 0.717) is 33.9 Å². The summed E-state index contributed by atoms with van der Waals surface area (Å²) in [5.74, 6) is 0.0479. The maximum atomic E-state index is 12.7. The number of rotatable bonds is 8. The predicted octanol–water partition coefficient (Wildman–Crippen LogP) is 3.14. The van der Waals surface area contributed by atoms with Crippen molar-refractivity contribution in [2.75, 3.05) is 13.1 Å². The molecule has 1 heterocycles. The van der Waals surface area contributed by atoms with Gasteiger partial charge in [-0.1, -0.05) is 36.7 Å². The zero-order valence-corrected chi connectivity index (χ0v) is 17.4. The van der Waals surface area contributed by atoms with Gasteiger partial charge in [0.25, 0.3) is 11.5 Å².